The van der Waals surface area contributed by atoms with Crippen LogP contribution in [0.2, 0.25) is 0 Å². The Morgan fingerprint density at radius 3 is 2.59 bits per heavy atom. The number of nitrogens with zero attached hydrogens (tertiary/aromatic N) is 2. The third kappa shape index (κ3) is 2.59. The molecule has 0 radical (unpaired) electrons. The van der Waals surface area contributed by atoms with E-state index in [0.29, 0.717) is 5.56 Å². The molecule has 0 amide bonds. The molecule has 1 aliphatic heterocycles. The van der Waals surface area contributed by atoms with Crippen LogP contribution in [0.1, 0.15) is 43.4 Å². The van der Waals surface area contributed by atoms with Crippen molar-refractivity contribution in [3.05, 3.63) is 29.3 Å². The van der Waals surface area contributed by atoms with E-state index in [2.05, 4.69) is 11.0 Å². The summed E-state index contributed by atoms with van der Waals surface area (Å²) >= 11 is 0. The number of hydrogen-bond acceptors (Lipinski definition) is 3. The van der Waals surface area contributed by atoms with Crippen LogP contribution in [0.3, 0.4) is 0 Å². The average molecular weight is 230 g/mol. The van der Waals surface area contributed by atoms with Gasteiger partial charge in [-0.1, -0.05) is 6.07 Å². The van der Waals surface area contributed by atoms with Crippen molar-refractivity contribution in [3.63, 3.8) is 0 Å². The molecule has 1 heterocycles. The van der Waals surface area contributed by atoms with E-state index in [1.165, 1.54) is 19.3 Å². The van der Waals surface area contributed by atoms with Crippen LogP contribution < -0.4 is 4.90 Å². The molecule has 1 fully saturated rings. The number of aliphatic hydroxyl groups excluding tert-OH is 1. The minimum atomic E-state index is -0.486. The first kappa shape index (κ1) is 11.9. The molecule has 0 bridgehead atoms. The highest BCUT2D eigenvalue weighted by Gasteiger charge is 2.17. The van der Waals surface area contributed by atoms with Gasteiger partial charge in [0.25, 0.3) is 0 Å². The fourth-order valence-corrected chi connectivity index (χ4v) is 2.38. The van der Waals surface area contributed by atoms with Crippen LogP contribution in [0, 0.1) is 11.3 Å². The normalized spacial score (nSPS) is 17.6. The van der Waals surface area contributed by atoms with Crippen LogP contribution in [0.15, 0.2) is 18.2 Å². The van der Waals surface area contributed by atoms with E-state index < -0.39 is 6.10 Å². The zero-order valence-corrected chi connectivity index (χ0v) is 10.2. The molecular formula is C14H18N2O. The van der Waals surface area contributed by atoms with E-state index in [4.69, 9.17) is 5.26 Å². The minimum Gasteiger partial charge on any atom is -0.389 e. The molecule has 1 N–H and O–H groups in total. The number of hydrogen-bond donors (Lipinski definition) is 1. The van der Waals surface area contributed by atoms with Crippen molar-refractivity contribution in [1.29, 1.82) is 5.26 Å². The topological polar surface area (TPSA) is 47.3 Å². The summed E-state index contributed by atoms with van der Waals surface area (Å²) in [7, 11) is 0. The second kappa shape index (κ2) is 5.20. The standard InChI is InChI=1S/C14H18N2O/c1-11(17)13-6-5-12(10-15)9-14(13)16-7-3-2-4-8-16/h5-6,9,11,17H,2-4,7-8H2,1H3/t11-/m1/s1. The number of aliphatic hydroxyl groups is 1. The van der Waals surface area contributed by atoms with Gasteiger partial charge in [0.05, 0.1) is 17.7 Å². The van der Waals surface area contributed by atoms with Gasteiger partial charge in [-0.2, -0.15) is 5.26 Å². The first-order chi connectivity index (χ1) is 8.22. The van der Waals surface area contributed by atoms with E-state index in [1.54, 1.807) is 13.0 Å². The highest BCUT2D eigenvalue weighted by Crippen LogP contribution is 2.29. The van der Waals surface area contributed by atoms with Crippen LogP contribution in [0.5, 0.6) is 0 Å². The third-order valence-corrected chi connectivity index (χ3v) is 3.31. The number of benzene rings is 1. The van der Waals surface area contributed by atoms with Gasteiger partial charge in [0.15, 0.2) is 0 Å². The van der Waals surface area contributed by atoms with Gasteiger partial charge in [-0.05, 0) is 38.3 Å². The summed E-state index contributed by atoms with van der Waals surface area (Å²) in [6.45, 7) is 3.82. The van der Waals surface area contributed by atoms with E-state index >= 15 is 0 Å². The predicted octanol–water partition coefficient (Wildman–Crippen LogP) is 2.60. The highest BCUT2D eigenvalue weighted by molar-refractivity contribution is 5.58. The van der Waals surface area contributed by atoms with E-state index in [1.807, 2.05) is 12.1 Å². The van der Waals surface area contributed by atoms with Crippen LogP contribution in [-0.2, 0) is 0 Å². The van der Waals surface area contributed by atoms with E-state index in [9.17, 15) is 5.11 Å². The maximum absolute atomic E-state index is 9.79. The molecule has 1 aromatic carbocycles. The van der Waals surface area contributed by atoms with Gasteiger partial charge < -0.3 is 10.0 Å². The van der Waals surface area contributed by atoms with Crippen molar-refractivity contribution >= 4 is 5.69 Å². The van der Waals surface area contributed by atoms with Crippen LogP contribution in [0.4, 0.5) is 5.69 Å². The lowest BCUT2D eigenvalue weighted by Gasteiger charge is -2.31. The first-order valence-electron chi connectivity index (χ1n) is 6.19. The van der Waals surface area contributed by atoms with Gasteiger partial charge in [-0.15, -0.1) is 0 Å². The third-order valence-electron chi connectivity index (χ3n) is 3.31. The van der Waals surface area contributed by atoms with Gasteiger partial charge in [-0.3, -0.25) is 0 Å². The van der Waals surface area contributed by atoms with Crippen LogP contribution in [0.25, 0.3) is 0 Å². The van der Waals surface area contributed by atoms with Crippen molar-refractivity contribution in [3.8, 4) is 6.07 Å². The molecule has 2 rings (SSSR count). The molecule has 1 aliphatic rings. The largest absolute Gasteiger partial charge is 0.389 e. The number of rotatable bonds is 2. The molecule has 1 saturated heterocycles. The fourth-order valence-electron chi connectivity index (χ4n) is 2.38. The Morgan fingerprint density at radius 1 is 1.29 bits per heavy atom. The van der Waals surface area contributed by atoms with Gasteiger partial charge in [0.2, 0.25) is 0 Å². The average Bonchev–Trinajstić information content (AvgIpc) is 2.39. The molecule has 0 aromatic heterocycles. The smallest absolute Gasteiger partial charge is 0.0992 e. The molecular weight excluding hydrogens is 212 g/mol. The lowest BCUT2D eigenvalue weighted by atomic mass is 10.0. The maximum Gasteiger partial charge on any atom is 0.0992 e. The summed E-state index contributed by atoms with van der Waals surface area (Å²) in [5.74, 6) is 0. The van der Waals surface area contributed by atoms with Gasteiger partial charge in [0.1, 0.15) is 0 Å². The monoisotopic (exact) mass is 230 g/mol. The van der Waals surface area contributed by atoms with E-state index in [0.717, 1.165) is 24.3 Å². The molecule has 90 valence electrons. The fraction of sp³-hybridized carbons (Fsp3) is 0.500. The summed E-state index contributed by atoms with van der Waals surface area (Å²) in [5.41, 5.74) is 2.61. The van der Waals surface area contributed by atoms with Crippen molar-refractivity contribution in [2.45, 2.75) is 32.3 Å². The first-order valence-corrected chi connectivity index (χ1v) is 6.19. The molecule has 0 aliphatic carbocycles. The number of piperidine rings is 1. The second-order valence-corrected chi connectivity index (χ2v) is 4.61. The lowest BCUT2D eigenvalue weighted by Crippen LogP contribution is -2.30. The molecule has 0 unspecified atom stereocenters. The van der Waals surface area contributed by atoms with Gasteiger partial charge >= 0.3 is 0 Å². The molecule has 3 heteroatoms. The Kier molecular flexibility index (Phi) is 3.65. The van der Waals surface area contributed by atoms with Crippen molar-refractivity contribution in [1.82, 2.24) is 0 Å². The maximum atomic E-state index is 9.79. The zero-order chi connectivity index (χ0) is 12.3. The summed E-state index contributed by atoms with van der Waals surface area (Å²) in [4.78, 5) is 2.28. The lowest BCUT2D eigenvalue weighted by molar-refractivity contribution is 0.199. The van der Waals surface area contributed by atoms with Crippen molar-refractivity contribution < 1.29 is 5.11 Å². The summed E-state index contributed by atoms with van der Waals surface area (Å²) < 4.78 is 0. The molecule has 1 atom stereocenters. The van der Waals surface area contributed by atoms with Crippen molar-refractivity contribution in [2.24, 2.45) is 0 Å². The van der Waals surface area contributed by atoms with Gasteiger partial charge in [-0.25, -0.2) is 0 Å². The minimum absolute atomic E-state index is 0.486. The SMILES string of the molecule is C[C@@H](O)c1ccc(C#N)cc1N1CCCCC1. The molecule has 3 nitrogen and oxygen atoms in total. The molecule has 17 heavy (non-hydrogen) atoms. The Morgan fingerprint density at radius 2 is 2.00 bits per heavy atom. The zero-order valence-electron chi connectivity index (χ0n) is 10.2. The summed E-state index contributed by atoms with van der Waals surface area (Å²) in [5, 5.41) is 18.7. The highest BCUT2D eigenvalue weighted by atomic mass is 16.3. The van der Waals surface area contributed by atoms with Crippen LogP contribution >= 0.6 is 0 Å². The van der Waals surface area contributed by atoms with Crippen LogP contribution in [-0.4, -0.2) is 18.2 Å². The Balaban J connectivity index is 2.37. The Bertz CT molecular complexity index is 428. The van der Waals surface area contributed by atoms with E-state index in [-0.39, 0.29) is 0 Å². The molecule has 1 aromatic rings. The second-order valence-electron chi connectivity index (χ2n) is 4.61. The summed E-state index contributed by atoms with van der Waals surface area (Å²) in [6.07, 6.45) is 3.17. The number of nitriles is 1. The molecule has 0 spiro atoms. The van der Waals surface area contributed by atoms with Gasteiger partial charge in [0, 0.05) is 24.3 Å². The predicted molar refractivity (Wildman–Crippen MR) is 67.9 cm³/mol. The van der Waals surface area contributed by atoms with Crippen molar-refractivity contribution in [2.75, 3.05) is 18.0 Å². The summed E-state index contributed by atoms with van der Waals surface area (Å²) in [6, 6.07) is 7.70. The Labute approximate surface area is 102 Å². The molecule has 0 saturated carbocycles. The Hall–Kier alpha value is -1.53. The number of anilines is 1. The quantitative estimate of drug-likeness (QED) is 0.849.